The third-order valence-corrected chi connectivity index (χ3v) is 2.27. The summed E-state index contributed by atoms with van der Waals surface area (Å²) in [5.74, 6) is 0. The van der Waals surface area contributed by atoms with E-state index in [4.69, 9.17) is 0 Å². The Morgan fingerprint density at radius 1 is 1.15 bits per heavy atom. The van der Waals surface area contributed by atoms with Crippen molar-refractivity contribution in [2.75, 3.05) is 0 Å². The first-order valence-corrected chi connectivity index (χ1v) is 5.04. The number of pyridine rings is 1. The van der Waals surface area contributed by atoms with Gasteiger partial charge in [-0.05, 0) is 36.9 Å². The lowest BCUT2D eigenvalue weighted by molar-refractivity contribution is 1.27. The van der Waals surface area contributed by atoms with Gasteiger partial charge in [-0.2, -0.15) is 0 Å². The minimum absolute atomic E-state index is 1.21. The van der Waals surface area contributed by atoms with Crippen molar-refractivity contribution < 1.29 is 0 Å². The fourth-order valence-corrected chi connectivity index (χ4v) is 1.34. The molecular formula is C11H13NS. The summed E-state index contributed by atoms with van der Waals surface area (Å²) in [5.41, 5.74) is 1.21. The number of aryl methyl sites for hydroxylation is 2. The van der Waals surface area contributed by atoms with Crippen molar-refractivity contribution in [3.63, 3.8) is 0 Å². The van der Waals surface area contributed by atoms with E-state index in [1.54, 1.807) is 17.5 Å². The number of rotatable bonds is 0. The molecule has 2 aromatic heterocycles. The van der Waals surface area contributed by atoms with Gasteiger partial charge in [-0.3, -0.25) is 4.98 Å². The molecule has 2 heterocycles. The van der Waals surface area contributed by atoms with Gasteiger partial charge in [0.1, 0.15) is 0 Å². The molecule has 0 amide bonds. The summed E-state index contributed by atoms with van der Waals surface area (Å²) in [6.07, 6.45) is 3.60. The smallest absolute Gasteiger partial charge is 0.0297 e. The molecule has 0 radical (unpaired) electrons. The molecule has 2 rings (SSSR count). The third kappa shape index (κ3) is 4.43. The Morgan fingerprint density at radius 2 is 2.00 bits per heavy atom. The van der Waals surface area contributed by atoms with Gasteiger partial charge < -0.3 is 0 Å². The molecule has 0 aliphatic rings. The molecule has 0 saturated heterocycles. The van der Waals surface area contributed by atoms with Crippen molar-refractivity contribution >= 4 is 11.3 Å². The molecule has 0 atom stereocenters. The Morgan fingerprint density at radius 3 is 2.23 bits per heavy atom. The van der Waals surface area contributed by atoms with Gasteiger partial charge in [-0.1, -0.05) is 12.1 Å². The van der Waals surface area contributed by atoms with Gasteiger partial charge in [0.05, 0.1) is 0 Å². The maximum atomic E-state index is 3.88. The molecule has 0 saturated carbocycles. The van der Waals surface area contributed by atoms with Crippen LogP contribution in [-0.2, 0) is 0 Å². The van der Waals surface area contributed by atoms with Gasteiger partial charge >= 0.3 is 0 Å². The van der Waals surface area contributed by atoms with Crippen LogP contribution >= 0.6 is 11.3 Å². The number of hydrogen-bond donors (Lipinski definition) is 0. The van der Waals surface area contributed by atoms with E-state index in [-0.39, 0.29) is 0 Å². The predicted octanol–water partition coefficient (Wildman–Crippen LogP) is 3.45. The monoisotopic (exact) mass is 191 g/mol. The molecule has 0 aliphatic carbocycles. The van der Waals surface area contributed by atoms with Crippen LogP contribution in [0.4, 0.5) is 0 Å². The highest BCUT2D eigenvalue weighted by Gasteiger charge is 1.74. The third-order valence-electron chi connectivity index (χ3n) is 1.47. The zero-order valence-corrected chi connectivity index (χ0v) is 8.71. The van der Waals surface area contributed by atoms with Gasteiger partial charge in [0, 0.05) is 17.3 Å². The molecule has 13 heavy (non-hydrogen) atoms. The van der Waals surface area contributed by atoms with Crippen molar-refractivity contribution in [3.8, 4) is 0 Å². The summed E-state index contributed by atoms with van der Waals surface area (Å²) in [5, 5.41) is 2.08. The standard InChI is InChI=1S/C6H7N.C5H6S/c1-6-3-2-4-7-5-6;1-5-3-2-4-6-5/h2-5H,1H3;2-4H,1H3. The summed E-state index contributed by atoms with van der Waals surface area (Å²) in [4.78, 5) is 5.27. The molecule has 0 spiro atoms. The van der Waals surface area contributed by atoms with Gasteiger partial charge in [0.25, 0.3) is 0 Å². The molecule has 0 bridgehead atoms. The highest BCUT2D eigenvalue weighted by atomic mass is 32.1. The first-order chi connectivity index (χ1) is 6.29. The molecule has 0 N–H and O–H groups in total. The normalized spacial score (nSPS) is 8.77. The van der Waals surface area contributed by atoms with Crippen LogP contribution in [0.3, 0.4) is 0 Å². The van der Waals surface area contributed by atoms with Crippen molar-refractivity contribution in [2.24, 2.45) is 0 Å². The second-order valence-corrected chi connectivity index (χ2v) is 3.91. The van der Waals surface area contributed by atoms with Crippen molar-refractivity contribution in [1.82, 2.24) is 4.98 Å². The van der Waals surface area contributed by atoms with Crippen LogP contribution in [-0.4, -0.2) is 4.98 Å². The average Bonchev–Trinajstić information content (AvgIpc) is 2.58. The molecule has 0 unspecified atom stereocenters. The van der Waals surface area contributed by atoms with Crippen LogP contribution in [0, 0.1) is 13.8 Å². The Kier molecular flexibility index (Phi) is 4.19. The average molecular weight is 191 g/mol. The van der Waals surface area contributed by atoms with Crippen LogP contribution in [0.5, 0.6) is 0 Å². The molecule has 68 valence electrons. The van der Waals surface area contributed by atoms with Crippen molar-refractivity contribution in [2.45, 2.75) is 13.8 Å². The number of nitrogens with zero attached hydrogens (tertiary/aromatic N) is 1. The van der Waals surface area contributed by atoms with Gasteiger partial charge in [0.2, 0.25) is 0 Å². The fourth-order valence-electron chi connectivity index (χ4n) is 0.809. The summed E-state index contributed by atoms with van der Waals surface area (Å²) < 4.78 is 0. The molecule has 1 nitrogen and oxygen atoms in total. The topological polar surface area (TPSA) is 12.9 Å². The van der Waals surface area contributed by atoms with E-state index in [0.717, 1.165) is 0 Å². The van der Waals surface area contributed by atoms with Crippen LogP contribution in [0.25, 0.3) is 0 Å². The lowest BCUT2D eigenvalue weighted by Gasteiger charge is -1.82. The van der Waals surface area contributed by atoms with E-state index in [2.05, 4.69) is 29.4 Å². The minimum Gasteiger partial charge on any atom is -0.264 e. The molecule has 2 aromatic rings. The maximum absolute atomic E-state index is 3.88. The van der Waals surface area contributed by atoms with Crippen molar-refractivity contribution in [1.29, 1.82) is 0 Å². The lowest BCUT2D eigenvalue weighted by Crippen LogP contribution is -1.69. The Bertz CT molecular complexity index is 313. The van der Waals surface area contributed by atoms with E-state index in [1.165, 1.54) is 10.4 Å². The number of aromatic nitrogens is 1. The second kappa shape index (κ2) is 5.49. The number of thiophene rings is 1. The van der Waals surface area contributed by atoms with Crippen LogP contribution in [0.1, 0.15) is 10.4 Å². The van der Waals surface area contributed by atoms with E-state index in [0.29, 0.717) is 0 Å². The zero-order valence-electron chi connectivity index (χ0n) is 7.90. The van der Waals surface area contributed by atoms with Gasteiger partial charge in [-0.15, -0.1) is 11.3 Å². The first-order valence-electron chi connectivity index (χ1n) is 4.16. The lowest BCUT2D eigenvalue weighted by atomic mass is 10.3. The Balaban J connectivity index is 0.000000132. The van der Waals surface area contributed by atoms with E-state index >= 15 is 0 Å². The first kappa shape index (κ1) is 9.93. The summed E-state index contributed by atoms with van der Waals surface area (Å²) in [6, 6.07) is 8.10. The predicted molar refractivity (Wildman–Crippen MR) is 58.0 cm³/mol. The number of hydrogen-bond acceptors (Lipinski definition) is 2. The largest absolute Gasteiger partial charge is 0.264 e. The molecule has 0 aromatic carbocycles. The minimum atomic E-state index is 1.21. The molecule has 0 aliphatic heterocycles. The van der Waals surface area contributed by atoms with Crippen LogP contribution < -0.4 is 0 Å². The van der Waals surface area contributed by atoms with Gasteiger partial charge in [0.15, 0.2) is 0 Å². The van der Waals surface area contributed by atoms with Crippen LogP contribution in [0.2, 0.25) is 0 Å². The fraction of sp³-hybridized carbons (Fsp3) is 0.182. The van der Waals surface area contributed by atoms with Crippen LogP contribution in [0.15, 0.2) is 42.0 Å². The summed E-state index contributed by atoms with van der Waals surface area (Å²) in [7, 11) is 0. The maximum Gasteiger partial charge on any atom is 0.0297 e. The SMILES string of the molecule is Cc1cccnc1.Cc1cccs1. The molecule has 2 heteroatoms. The summed E-state index contributed by atoms with van der Waals surface area (Å²) >= 11 is 1.78. The Labute approximate surface area is 83.1 Å². The van der Waals surface area contributed by atoms with E-state index < -0.39 is 0 Å². The second-order valence-electron chi connectivity index (χ2n) is 2.75. The molecule has 0 fully saturated rings. The quantitative estimate of drug-likeness (QED) is 0.621. The van der Waals surface area contributed by atoms with E-state index in [1.807, 2.05) is 25.3 Å². The summed E-state index contributed by atoms with van der Waals surface area (Å²) in [6.45, 7) is 4.12. The highest BCUT2D eigenvalue weighted by Crippen LogP contribution is 2.03. The van der Waals surface area contributed by atoms with E-state index in [9.17, 15) is 0 Å². The zero-order chi connectivity index (χ0) is 9.52. The van der Waals surface area contributed by atoms with Gasteiger partial charge in [-0.25, -0.2) is 0 Å². The Hall–Kier alpha value is -1.15. The highest BCUT2D eigenvalue weighted by molar-refractivity contribution is 7.09. The van der Waals surface area contributed by atoms with Crippen molar-refractivity contribution in [3.05, 3.63) is 52.5 Å². The molecular weight excluding hydrogens is 178 g/mol.